The molecule has 0 radical (unpaired) electrons. The highest BCUT2D eigenvalue weighted by Gasteiger charge is 2.43. The molecule has 0 unspecified atom stereocenters. The van der Waals surface area contributed by atoms with E-state index in [9.17, 15) is 13.2 Å². The molecule has 2 N–H and O–H groups in total. The first-order valence-electron chi connectivity index (χ1n) is 11.1. The first-order chi connectivity index (χ1) is 16.4. The SMILES string of the molecule is COCCNC(=O)[C@H]1C[C@H](NS(=O)(=O)Cc2ccccc2)[C@H](c2nc(-c3ccccc3)no2)C1. The lowest BCUT2D eigenvalue weighted by Gasteiger charge is -2.18. The standard InChI is InChI=1S/C24H28N4O5S/c1-32-13-12-25-23(29)19-14-20(24-26-22(27-33-24)18-10-6-3-7-11-18)21(15-19)28-34(30,31)16-17-8-4-2-5-9-17/h2-11,19-21,28H,12-16H2,1H3,(H,25,29)/t19-,20-,21+/m1/s1. The van der Waals surface area contributed by atoms with Crippen LogP contribution in [0.2, 0.25) is 0 Å². The van der Waals surface area contributed by atoms with Crippen molar-refractivity contribution in [2.75, 3.05) is 20.3 Å². The lowest BCUT2D eigenvalue weighted by atomic mass is 10.0. The van der Waals surface area contributed by atoms with Gasteiger partial charge in [0, 0.05) is 31.2 Å². The minimum absolute atomic E-state index is 0.144. The number of aromatic nitrogens is 2. The third-order valence-electron chi connectivity index (χ3n) is 5.86. The van der Waals surface area contributed by atoms with Crippen molar-refractivity contribution in [3.63, 3.8) is 0 Å². The molecular formula is C24H28N4O5S. The number of hydrogen-bond acceptors (Lipinski definition) is 7. The van der Waals surface area contributed by atoms with E-state index in [1.165, 1.54) is 0 Å². The summed E-state index contributed by atoms with van der Waals surface area (Å²) in [6, 6.07) is 17.8. The molecule has 1 fully saturated rings. The average Bonchev–Trinajstić information content (AvgIpc) is 3.47. The Kier molecular flexibility index (Phi) is 7.71. The fourth-order valence-electron chi connectivity index (χ4n) is 4.23. The molecule has 10 heteroatoms. The predicted octanol–water partition coefficient (Wildman–Crippen LogP) is 2.48. The number of benzene rings is 2. The van der Waals surface area contributed by atoms with Crippen LogP contribution in [-0.4, -0.2) is 50.8 Å². The van der Waals surface area contributed by atoms with Gasteiger partial charge in [0.2, 0.25) is 27.6 Å². The van der Waals surface area contributed by atoms with Crippen LogP contribution < -0.4 is 10.0 Å². The first-order valence-corrected chi connectivity index (χ1v) is 12.8. The van der Waals surface area contributed by atoms with E-state index in [-0.39, 0.29) is 11.7 Å². The molecule has 1 aliphatic carbocycles. The zero-order chi connectivity index (χ0) is 24.0. The summed E-state index contributed by atoms with van der Waals surface area (Å²) in [4.78, 5) is 17.2. The van der Waals surface area contributed by atoms with Crippen molar-refractivity contribution in [1.82, 2.24) is 20.2 Å². The van der Waals surface area contributed by atoms with Gasteiger partial charge in [-0.25, -0.2) is 13.1 Å². The van der Waals surface area contributed by atoms with E-state index in [1.54, 1.807) is 31.4 Å². The quantitative estimate of drug-likeness (QED) is 0.424. The van der Waals surface area contributed by atoms with Crippen LogP contribution in [0.1, 0.15) is 30.2 Å². The number of methoxy groups -OCH3 is 1. The van der Waals surface area contributed by atoms with Crippen molar-refractivity contribution in [2.45, 2.75) is 30.6 Å². The molecule has 1 saturated carbocycles. The molecule has 1 aromatic heterocycles. The zero-order valence-corrected chi connectivity index (χ0v) is 19.7. The Labute approximate surface area is 199 Å². The second kappa shape index (κ2) is 10.9. The molecule has 2 aromatic carbocycles. The number of carbonyl (C=O) groups excluding carboxylic acids is 1. The van der Waals surface area contributed by atoms with E-state index in [1.807, 2.05) is 36.4 Å². The number of ether oxygens (including phenoxy) is 1. The van der Waals surface area contributed by atoms with Gasteiger partial charge in [-0.15, -0.1) is 0 Å². The lowest BCUT2D eigenvalue weighted by molar-refractivity contribution is -0.125. The first kappa shape index (κ1) is 24.1. The van der Waals surface area contributed by atoms with Crippen LogP contribution in [0.15, 0.2) is 65.2 Å². The van der Waals surface area contributed by atoms with Gasteiger partial charge in [-0.1, -0.05) is 65.8 Å². The van der Waals surface area contributed by atoms with Gasteiger partial charge in [0.05, 0.1) is 18.3 Å². The number of amides is 1. The van der Waals surface area contributed by atoms with Crippen molar-refractivity contribution < 1.29 is 22.5 Å². The monoisotopic (exact) mass is 484 g/mol. The normalized spacial score (nSPS) is 20.3. The summed E-state index contributed by atoms with van der Waals surface area (Å²) in [6.45, 7) is 0.790. The van der Waals surface area contributed by atoms with Gasteiger partial charge >= 0.3 is 0 Å². The summed E-state index contributed by atoms with van der Waals surface area (Å²) in [5.41, 5.74) is 1.48. The third-order valence-corrected chi connectivity index (χ3v) is 7.24. The molecule has 1 aliphatic rings. The van der Waals surface area contributed by atoms with Gasteiger partial charge in [0.25, 0.3) is 0 Å². The van der Waals surface area contributed by atoms with Crippen molar-refractivity contribution in [3.8, 4) is 11.4 Å². The van der Waals surface area contributed by atoms with E-state index < -0.39 is 27.9 Å². The average molecular weight is 485 g/mol. The maximum atomic E-state index is 13.0. The van der Waals surface area contributed by atoms with Crippen LogP contribution in [0.4, 0.5) is 0 Å². The van der Waals surface area contributed by atoms with E-state index in [2.05, 4.69) is 20.2 Å². The Morgan fingerprint density at radius 3 is 2.50 bits per heavy atom. The lowest BCUT2D eigenvalue weighted by Crippen LogP contribution is -2.38. The van der Waals surface area contributed by atoms with Gasteiger partial charge < -0.3 is 14.6 Å². The van der Waals surface area contributed by atoms with Crippen LogP contribution in [-0.2, 0) is 25.3 Å². The molecule has 0 saturated heterocycles. The largest absolute Gasteiger partial charge is 0.383 e. The van der Waals surface area contributed by atoms with Gasteiger partial charge in [-0.2, -0.15) is 4.98 Å². The van der Waals surface area contributed by atoms with E-state index >= 15 is 0 Å². The Hall–Kier alpha value is -3.08. The van der Waals surface area contributed by atoms with Crippen molar-refractivity contribution >= 4 is 15.9 Å². The smallest absolute Gasteiger partial charge is 0.231 e. The van der Waals surface area contributed by atoms with Crippen molar-refractivity contribution in [3.05, 3.63) is 72.1 Å². The zero-order valence-electron chi connectivity index (χ0n) is 18.9. The molecule has 1 heterocycles. The molecular weight excluding hydrogens is 456 g/mol. The van der Waals surface area contributed by atoms with E-state index in [0.29, 0.717) is 43.3 Å². The minimum Gasteiger partial charge on any atom is -0.383 e. The Bertz CT molecular complexity index is 1180. The molecule has 1 amide bonds. The Morgan fingerprint density at radius 2 is 1.79 bits per heavy atom. The molecule has 3 aromatic rings. The predicted molar refractivity (Wildman–Crippen MR) is 126 cm³/mol. The van der Waals surface area contributed by atoms with Crippen molar-refractivity contribution in [2.24, 2.45) is 5.92 Å². The number of sulfonamides is 1. The van der Waals surface area contributed by atoms with E-state index in [0.717, 1.165) is 5.56 Å². The third kappa shape index (κ3) is 6.07. The molecule has 34 heavy (non-hydrogen) atoms. The summed E-state index contributed by atoms with van der Waals surface area (Å²) in [5.74, 6) is -0.365. The highest BCUT2D eigenvalue weighted by Crippen LogP contribution is 2.39. The minimum atomic E-state index is -3.67. The van der Waals surface area contributed by atoms with Crippen LogP contribution in [0.3, 0.4) is 0 Å². The summed E-state index contributed by atoms with van der Waals surface area (Å²) in [5, 5.41) is 6.92. The van der Waals surface area contributed by atoms with Crippen molar-refractivity contribution in [1.29, 1.82) is 0 Å². The van der Waals surface area contributed by atoms with Gasteiger partial charge in [0.15, 0.2) is 0 Å². The number of carbonyl (C=O) groups is 1. The number of nitrogens with one attached hydrogen (secondary N) is 2. The second-order valence-corrected chi connectivity index (χ2v) is 10.1. The van der Waals surface area contributed by atoms with Gasteiger partial charge in [-0.05, 0) is 18.4 Å². The molecule has 0 spiro atoms. The summed E-state index contributed by atoms with van der Waals surface area (Å²) >= 11 is 0. The molecule has 0 aliphatic heterocycles. The summed E-state index contributed by atoms with van der Waals surface area (Å²) < 4.78 is 39.2. The maximum absolute atomic E-state index is 13.0. The van der Waals surface area contributed by atoms with Crippen LogP contribution in [0.25, 0.3) is 11.4 Å². The topological polar surface area (TPSA) is 123 Å². The molecule has 0 bridgehead atoms. The summed E-state index contributed by atoms with van der Waals surface area (Å²) in [6.07, 6.45) is 0.730. The van der Waals surface area contributed by atoms with E-state index in [4.69, 9.17) is 9.26 Å². The molecule has 9 nitrogen and oxygen atoms in total. The Morgan fingerprint density at radius 1 is 1.09 bits per heavy atom. The second-order valence-electron chi connectivity index (χ2n) is 8.35. The fourth-order valence-corrected chi connectivity index (χ4v) is 5.67. The number of hydrogen-bond donors (Lipinski definition) is 2. The molecule has 4 rings (SSSR count). The maximum Gasteiger partial charge on any atom is 0.231 e. The van der Waals surface area contributed by atoms with Crippen LogP contribution >= 0.6 is 0 Å². The van der Waals surface area contributed by atoms with Crippen LogP contribution in [0.5, 0.6) is 0 Å². The molecule has 3 atom stereocenters. The number of nitrogens with zero attached hydrogens (tertiary/aromatic N) is 2. The highest BCUT2D eigenvalue weighted by atomic mass is 32.2. The summed E-state index contributed by atoms with van der Waals surface area (Å²) in [7, 11) is -2.10. The Balaban J connectivity index is 1.54. The molecule has 180 valence electrons. The number of rotatable bonds is 10. The fraction of sp³-hybridized carbons (Fsp3) is 0.375. The highest BCUT2D eigenvalue weighted by molar-refractivity contribution is 7.88. The van der Waals surface area contributed by atoms with Crippen LogP contribution in [0, 0.1) is 5.92 Å². The van der Waals surface area contributed by atoms with Gasteiger partial charge in [-0.3, -0.25) is 4.79 Å². The van der Waals surface area contributed by atoms with Gasteiger partial charge in [0.1, 0.15) is 0 Å².